The molecule has 1 aliphatic rings. The molecule has 0 unspecified atom stereocenters. The molecule has 2 heterocycles. The molecule has 0 atom stereocenters. The van der Waals surface area contributed by atoms with Gasteiger partial charge in [-0.25, -0.2) is 9.78 Å². The number of urea groups is 1. The maximum absolute atomic E-state index is 12.5. The van der Waals surface area contributed by atoms with Gasteiger partial charge in [-0.3, -0.25) is 0 Å². The molecule has 0 radical (unpaired) electrons. The highest BCUT2D eigenvalue weighted by Crippen LogP contribution is 2.25. The molecule has 0 spiro atoms. The van der Waals surface area contributed by atoms with Crippen molar-refractivity contribution in [2.45, 2.75) is 13.3 Å². The SMILES string of the molecule is CCOc1ncccc1NC(=O)N1CC=C(c2ccc(O)cc2)CC1. The molecule has 0 saturated heterocycles. The predicted molar refractivity (Wildman–Crippen MR) is 96.7 cm³/mol. The summed E-state index contributed by atoms with van der Waals surface area (Å²) >= 11 is 0. The largest absolute Gasteiger partial charge is 0.508 e. The first kappa shape index (κ1) is 16.8. The molecule has 3 rings (SSSR count). The van der Waals surface area contributed by atoms with Crippen LogP contribution in [0.3, 0.4) is 0 Å². The Bertz CT molecular complexity index is 772. The molecule has 0 saturated carbocycles. The molecule has 2 amide bonds. The zero-order valence-electron chi connectivity index (χ0n) is 14.1. The molecule has 0 fully saturated rings. The van der Waals surface area contributed by atoms with Gasteiger partial charge in [0.1, 0.15) is 11.4 Å². The molecule has 2 N–H and O–H groups in total. The lowest BCUT2D eigenvalue weighted by Crippen LogP contribution is -2.38. The molecule has 130 valence electrons. The van der Waals surface area contributed by atoms with Crippen LogP contribution in [0.15, 0.2) is 48.7 Å². The van der Waals surface area contributed by atoms with Crippen LogP contribution in [0.1, 0.15) is 18.9 Å². The van der Waals surface area contributed by atoms with Crippen LogP contribution in [0.25, 0.3) is 5.57 Å². The quantitative estimate of drug-likeness (QED) is 0.894. The Hall–Kier alpha value is -3.02. The number of benzene rings is 1. The fourth-order valence-electron chi connectivity index (χ4n) is 2.72. The van der Waals surface area contributed by atoms with Crippen molar-refractivity contribution in [1.82, 2.24) is 9.88 Å². The second kappa shape index (κ2) is 7.70. The minimum atomic E-state index is -0.171. The second-order valence-electron chi connectivity index (χ2n) is 5.69. The number of hydrogen-bond acceptors (Lipinski definition) is 4. The van der Waals surface area contributed by atoms with Gasteiger partial charge >= 0.3 is 6.03 Å². The van der Waals surface area contributed by atoms with Gasteiger partial charge in [-0.05, 0) is 48.7 Å². The highest BCUT2D eigenvalue weighted by Gasteiger charge is 2.19. The van der Waals surface area contributed by atoms with Crippen LogP contribution in [0.4, 0.5) is 10.5 Å². The number of pyridine rings is 1. The van der Waals surface area contributed by atoms with E-state index < -0.39 is 0 Å². The van der Waals surface area contributed by atoms with E-state index in [0.717, 1.165) is 12.0 Å². The number of aromatic nitrogens is 1. The van der Waals surface area contributed by atoms with E-state index in [4.69, 9.17) is 4.74 Å². The summed E-state index contributed by atoms with van der Waals surface area (Å²) in [6, 6.07) is 10.5. The third-order valence-electron chi connectivity index (χ3n) is 4.03. The Labute approximate surface area is 146 Å². The Kier molecular flexibility index (Phi) is 5.18. The van der Waals surface area contributed by atoms with Crippen LogP contribution >= 0.6 is 0 Å². The summed E-state index contributed by atoms with van der Waals surface area (Å²) in [7, 11) is 0. The fraction of sp³-hybridized carbons (Fsp3) is 0.263. The number of aromatic hydroxyl groups is 1. The van der Waals surface area contributed by atoms with E-state index in [1.165, 1.54) is 5.57 Å². The van der Waals surface area contributed by atoms with E-state index in [2.05, 4.69) is 10.3 Å². The van der Waals surface area contributed by atoms with Gasteiger partial charge in [0.05, 0.1) is 6.61 Å². The van der Waals surface area contributed by atoms with Crippen molar-refractivity contribution >= 4 is 17.3 Å². The van der Waals surface area contributed by atoms with Gasteiger partial charge in [-0.15, -0.1) is 0 Å². The Morgan fingerprint density at radius 3 is 2.80 bits per heavy atom. The Balaban J connectivity index is 1.64. The summed E-state index contributed by atoms with van der Waals surface area (Å²) in [5.41, 5.74) is 2.83. The molecule has 0 aliphatic carbocycles. The number of carbonyl (C=O) groups is 1. The lowest BCUT2D eigenvalue weighted by Gasteiger charge is -2.27. The zero-order chi connectivity index (χ0) is 17.6. The van der Waals surface area contributed by atoms with E-state index in [0.29, 0.717) is 31.3 Å². The third kappa shape index (κ3) is 4.09. The minimum absolute atomic E-state index is 0.171. The lowest BCUT2D eigenvalue weighted by molar-refractivity contribution is 0.216. The Morgan fingerprint density at radius 1 is 1.32 bits per heavy atom. The van der Waals surface area contributed by atoms with Gasteiger partial charge in [0.2, 0.25) is 5.88 Å². The van der Waals surface area contributed by atoms with E-state index in [9.17, 15) is 9.90 Å². The van der Waals surface area contributed by atoms with Crippen LogP contribution in [-0.4, -0.2) is 40.7 Å². The van der Waals surface area contributed by atoms with E-state index in [-0.39, 0.29) is 11.8 Å². The number of hydrogen-bond donors (Lipinski definition) is 2. The average Bonchev–Trinajstić information content (AvgIpc) is 2.64. The summed E-state index contributed by atoms with van der Waals surface area (Å²) in [5, 5.41) is 12.2. The van der Waals surface area contributed by atoms with Crippen molar-refractivity contribution in [2.24, 2.45) is 0 Å². The van der Waals surface area contributed by atoms with Gasteiger partial charge in [0, 0.05) is 19.3 Å². The van der Waals surface area contributed by atoms with Crippen molar-refractivity contribution in [3.63, 3.8) is 0 Å². The molecular weight excluding hydrogens is 318 g/mol. The van der Waals surface area contributed by atoms with Gasteiger partial charge < -0.3 is 20.1 Å². The summed E-state index contributed by atoms with van der Waals surface area (Å²) < 4.78 is 5.43. The van der Waals surface area contributed by atoms with Crippen LogP contribution in [0, 0.1) is 0 Å². The predicted octanol–water partition coefficient (Wildman–Crippen LogP) is 3.51. The van der Waals surface area contributed by atoms with Crippen LogP contribution < -0.4 is 10.1 Å². The van der Waals surface area contributed by atoms with Crippen LogP contribution in [0.2, 0.25) is 0 Å². The van der Waals surface area contributed by atoms with E-state index in [1.54, 1.807) is 35.4 Å². The van der Waals surface area contributed by atoms with Crippen LogP contribution in [-0.2, 0) is 0 Å². The number of phenols is 1. The summed E-state index contributed by atoms with van der Waals surface area (Å²) in [5.74, 6) is 0.679. The number of phenolic OH excluding ortho intramolecular Hbond substituents is 1. The maximum atomic E-state index is 12.5. The maximum Gasteiger partial charge on any atom is 0.322 e. The van der Waals surface area contributed by atoms with Crippen LogP contribution in [0.5, 0.6) is 11.6 Å². The first-order valence-corrected chi connectivity index (χ1v) is 8.29. The van der Waals surface area contributed by atoms with Gasteiger partial charge in [-0.2, -0.15) is 0 Å². The monoisotopic (exact) mass is 339 g/mol. The van der Waals surface area contributed by atoms with E-state index in [1.807, 2.05) is 25.1 Å². The lowest BCUT2D eigenvalue weighted by atomic mass is 9.99. The smallest absolute Gasteiger partial charge is 0.322 e. The molecule has 2 aromatic rings. The van der Waals surface area contributed by atoms with Gasteiger partial charge in [0.25, 0.3) is 0 Å². The van der Waals surface area contributed by atoms with Gasteiger partial charge in [0.15, 0.2) is 0 Å². The first-order valence-electron chi connectivity index (χ1n) is 8.29. The fourth-order valence-corrected chi connectivity index (χ4v) is 2.72. The van der Waals surface area contributed by atoms with E-state index >= 15 is 0 Å². The van der Waals surface area contributed by atoms with Crippen molar-refractivity contribution in [3.05, 3.63) is 54.2 Å². The molecule has 0 bridgehead atoms. The molecule has 1 aromatic carbocycles. The molecule has 25 heavy (non-hydrogen) atoms. The topological polar surface area (TPSA) is 74.7 Å². The molecular formula is C19H21N3O3. The normalized spacial score (nSPS) is 14.0. The standard InChI is InChI=1S/C19H21N3O3/c1-2-25-18-17(4-3-11-20-18)21-19(24)22-12-9-15(10-13-22)14-5-7-16(23)8-6-14/h3-9,11,23H,2,10,12-13H2,1H3,(H,21,24). The number of rotatable bonds is 4. The summed E-state index contributed by atoms with van der Waals surface area (Å²) in [4.78, 5) is 18.4. The third-order valence-corrected chi connectivity index (χ3v) is 4.03. The number of amides is 2. The minimum Gasteiger partial charge on any atom is -0.508 e. The summed E-state index contributed by atoms with van der Waals surface area (Å²) in [6.45, 7) is 3.53. The first-order chi connectivity index (χ1) is 12.2. The number of nitrogens with zero attached hydrogens (tertiary/aromatic N) is 2. The number of carbonyl (C=O) groups excluding carboxylic acids is 1. The number of anilines is 1. The highest BCUT2D eigenvalue weighted by atomic mass is 16.5. The molecule has 1 aliphatic heterocycles. The molecule has 1 aromatic heterocycles. The molecule has 6 heteroatoms. The number of ether oxygens (including phenoxy) is 1. The van der Waals surface area contributed by atoms with Crippen molar-refractivity contribution < 1.29 is 14.6 Å². The second-order valence-corrected chi connectivity index (χ2v) is 5.69. The number of nitrogens with one attached hydrogen (secondary N) is 1. The summed E-state index contributed by atoms with van der Waals surface area (Å²) in [6.07, 6.45) is 4.44. The van der Waals surface area contributed by atoms with Crippen molar-refractivity contribution in [3.8, 4) is 11.6 Å². The van der Waals surface area contributed by atoms with Crippen molar-refractivity contribution in [1.29, 1.82) is 0 Å². The Morgan fingerprint density at radius 2 is 2.12 bits per heavy atom. The van der Waals surface area contributed by atoms with Crippen molar-refractivity contribution in [2.75, 3.05) is 25.0 Å². The highest BCUT2D eigenvalue weighted by molar-refractivity contribution is 5.91. The zero-order valence-corrected chi connectivity index (χ0v) is 14.1. The molecule has 6 nitrogen and oxygen atoms in total. The van der Waals surface area contributed by atoms with Gasteiger partial charge in [-0.1, -0.05) is 18.2 Å². The average molecular weight is 339 g/mol.